The van der Waals surface area contributed by atoms with Gasteiger partial charge in [-0.25, -0.2) is 0 Å². The fourth-order valence-corrected chi connectivity index (χ4v) is 4.57. The lowest BCUT2D eigenvalue weighted by Gasteiger charge is -2.50. The van der Waals surface area contributed by atoms with Crippen LogP contribution in [0.1, 0.15) is 59.8 Å². The molecule has 0 aromatic carbocycles. The Bertz CT molecular complexity index is 330. The summed E-state index contributed by atoms with van der Waals surface area (Å²) in [7, 11) is 0. The van der Waals surface area contributed by atoms with E-state index < -0.39 is 0 Å². The summed E-state index contributed by atoms with van der Waals surface area (Å²) in [6.45, 7) is 8.67. The second-order valence-electron chi connectivity index (χ2n) is 7.37. The lowest BCUT2D eigenvalue weighted by atomic mass is 9.65. The van der Waals surface area contributed by atoms with Crippen molar-refractivity contribution in [2.75, 3.05) is 0 Å². The van der Waals surface area contributed by atoms with E-state index in [2.05, 4.69) is 27.7 Å². The van der Waals surface area contributed by atoms with Crippen LogP contribution in [-0.4, -0.2) is 24.8 Å². The van der Waals surface area contributed by atoms with Crippen molar-refractivity contribution in [3.63, 3.8) is 0 Å². The Morgan fingerprint density at radius 3 is 2.55 bits per heavy atom. The molecule has 7 unspecified atom stereocenters. The number of hydrogen-bond donors (Lipinski definition) is 0. The standard InChI is InChI=1S/C17H30O3/c1-10(2)18-16-12(4)14-7-5-6-13-9-8-11(3)19-17(20-16)15(13)14/h10-17H,5-9H2,1-4H3. The largest absolute Gasteiger partial charge is 0.350 e. The van der Waals surface area contributed by atoms with Crippen LogP contribution in [0, 0.1) is 23.7 Å². The molecule has 0 aromatic rings. The maximum Gasteiger partial charge on any atom is 0.164 e. The van der Waals surface area contributed by atoms with E-state index in [1.807, 2.05) is 0 Å². The van der Waals surface area contributed by atoms with Crippen LogP contribution in [0.5, 0.6) is 0 Å². The molecule has 3 fully saturated rings. The van der Waals surface area contributed by atoms with Gasteiger partial charge in [-0.05, 0) is 58.3 Å². The van der Waals surface area contributed by atoms with Crippen molar-refractivity contribution >= 4 is 0 Å². The van der Waals surface area contributed by atoms with Gasteiger partial charge in [0.05, 0.1) is 12.2 Å². The summed E-state index contributed by atoms with van der Waals surface area (Å²) in [6, 6.07) is 0. The lowest BCUT2D eigenvalue weighted by molar-refractivity contribution is -0.337. The highest BCUT2D eigenvalue weighted by molar-refractivity contribution is 4.93. The van der Waals surface area contributed by atoms with Gasteiger partial charge >= 0.3 is 0 Å². The van der Waals surface area contributed by atoms with Gasteiger partial charge in [0.1, 0.15) is 0 Å². The predicted molar refractivity (Wildman–Crippen MR) is 78.1 cm³/mol. The zero-order valence-corrected chi connectivity index (χ0v) is 13.4. The third-order valence-electron chi connectivity index (χ3n) is 5.55. The molecule has 3 rings (SSSR count). The third-order valence-corrected chi connectivity index (χ3v) is 5.55. The van der Waals surface area contributed by atoms with Crippen LogP contribution in [0.15, 0.2) is 0 Å². The average molecular weight is 282 g/mol. The van der Waals surface area contributed by atoms with Gasteiger partial charge < -0.3 is 14.2 Å². The SMILES string of the molecule is CC(C)OC1OC2OC(C)CCC3CCCC(C1C)C32. The maximum atomic E-state index is 6.26. The molecule has 0 spiro atoms. The van der Waals surface area contributed by atoms with Crippen LogP contribution in [0.2, 0.25) is 0 Å². The molecule has 2 heterocycles. The van der Waals surface area contributed by atoms with Crippen LogP contribution >= 0.6 is 0 Å². The number of rotatable bonds is 2. The van der Waals surface area contributed by atoms with Crippen molar-refractivity contribution in [1.29, 1.82) is 0 Å². The van der Waals surface area contributed by atoms with Gasteiger partial charge in [0.25, 0.3) is 0 Å². The van der Waals surface area contributed by atoms with Crippen LogP contribution < -0.4 is 0 Å². The number of hydrogen-bond acceptors (Lipinski definition) is 3. The van der Waals surface area contributed by atoms with E-state index in [1.54, 1.807) is 0 Å². The lowest BCUT2D eigenvalue weighted by Crippen LogP contribution is -2.52. The summed E-state index contributed by atoms with van der Waals surface area (Å²) in [4.78, 5) is 0. The predicted octanol–water partition coefficient (Wildman–Crippen LogP) is 3.96. The molecular formula is C17H30O3. The molecule has 116 valence electrons. The molecule has 20 heavy (non-hydrogen) atoms. The maximum absolute atomic E-state index is 6.26. The van der Waals surface area contributed by atoms with Crippen LogP contribution in [0.4, 0.5) is 0 Å². The summed E-state index contributed by atoms with van der Waals surface area (Å²) in [5.74, 6) is 2.59. The van der Waals surface area contributed by atoms with E-state index in [9.17, 15) is 0 Å². The average Bonchev–Trinajstić information content (AvgIpc) is 2.55. The van der Waals surface area contributed by atoms with Gasteiger partial charge in [-0.2, -0.15) is 0 Å². The second kappa shape index (κ2) is 5.94. The quantitative estimate of drug-likeness (QED) is 0.767. The first-order valence-corrected chi connectivity index (χ1v) is 8.52. The number of ether oxygens (including phenoxy) is 3. The van der Waals surface area contributed by atoms with E-state index in [-0.39, 0.29) is 18.7 Å². The molecule has 0 N–H and O–H groups in total. The first kappa shape index (κ1) is 14.8. The minimum atomic E-state index is -0.0923. The van der Waals surface area contributed by atoms with Crippen molar-refractivity contribution < 1.29 is 14.2 Å². The van der Waals surface area contributed by atoms with Gasteiger partial charge in [-0.15, -0.1) is 0 Å². The topological polar surface area (TPSA) is 27.7 Å². The Labute approximate surface area is 123 Å². The van der Waals surface area contributed by atoms with Crippen molar-refractivity contribution in [3.05, 3.63) is 0 Å². The van der Waals surface area contributed by atoms with Crippen LogP contribution in [0.25, 0.3) is 0 Å². The monoisotopic (exact) mass is 282 g/mol. The zero-order valence-electron chi connectivity index (χ0n) is 13.4. The highest BCUT2D eigenvalue weighted by Crippen LogP contribution is 2.50. The molecule has 3 aliphatic rings. The van der Waals surface area contributed by atoms with Gasteiger partial charge in [0.15, 0.2) is 12.6 Å². The minimum absolute atomic E-state index is 0.0391. The summed E-state index contributed by atoms with van der Waals surface area (Å²) in [5, 5.41) is 0. The summed E-state index contributed by atoms with van der Waals surface area (Å²) >= 11 is 0. The molecule has 7 atom stereocenters. The molecule has 0 aromatic heterocycles. The molecule has 1 saturated carbocycles. The molecule has 0 amide bonds. The normalized spacial score (nSPS) is 48.8. The van der Waals surface area contributed by atoms with E-state index in [0.717, 1.165) is 5.92 Å². The van der Waals surface area contributed by atoms with Crippen LogP contribution in [-0.2, 0) is 14.2 Å². The van der Waals surface area contributed by atoms with Gasteiger partial charge in [0, 0.05) is 11.8 Å². The Morgan fingerprint density at radius 2 is 1.80 bits per heavy atom. The zero-order chi connectivity index (χ0) is 14.3. The molecule has 3 heteroatoms. The first-order chi connectivity index (χ1) is 9.56. The van der Waals surface area contributed by atoms with Crippen molar-refractivity contribution in [2.24, 2.45) is 23.7 Å². The fourth-order valence-electron chi connectivity index (χ4n) is 4.57. The Hall–Kier alpha value is -0.120. The Kier molecular flexibility index (Phi) is 4.40. The molecule has 2 aliphatic heterocycles. The smallest absolute Gasteiger partial charge is 0.164 e. The van der Waals surface area contributed by atoms with Gasteiger partial charge in [0.2, 0.25) is 0 Å². The van der Waals surface area contributed by atoms with E-state index >= 15 is 0 Å². The molecule has 1 aliphatic carbocycles. The van der Waals surface area contributed by atoms with E-state index in [4.69, 9.17) is 14.2 Å². The summed E-state index contributed by atoms with van der Waals surface area (Å²) in [5.41, 5.74) is 0. The van der Waals surface area contributed by atoms with Gasteiger partial charge in [-0.3, -0.25) is 0 Å². The fraction of sp³-hybridized carbons (Fsp3) is 1.00. The molecule has 3 nitrogen and oxygen atoms in total. The van der Waals surface area contributed by atoms with Crippen LogP contribution in [0.3, 0.4) is 0 Å². The third kappa shape index (κ3) is 2.77. The first-order valence-electron chi connectivity index (χ1n) is 8.52. The highest BCUT2D eigenvalue weighted by Gasteiger charge is 2.50. The highest BCUT2D eigenvalue weighted by atomic mass is 16.8. The summed E-state index contributed by atoms with van der Waals surface area (Å²) < 4.78 is 18.5. The van der Waals surface area contributed by atoms with E-state index in [1.165, 1.54) is 32.1 Å². The summed E-state index contributed by atoms with van der Waals surface area (Å²) in [6.07, 6.45) is 6.93. The van der Waals surface area contributed by atoms with Crippen molar-refractivity contribution in [3.8, 4) is 0 Å². The Morgan fingerprint density at radius 1 is 1.00 bits per heavy atom. The molecule has 0 bridgehead atoms. The van der Waals surface area contributed by atoms with E-state index in [0.29, 0.717) is 23.9 Å². The second-order valence-corrected chi connectivity index (χ2v) is 7.37. The van der Waals surface area contributed by atoms with Crippen molar-refractivity contribution in [2.45, 2.75) is 84.6 Å². The van der Waals surface area contributed by atoms with Crippen molar-refractivity contribution in [1.82, 2.24) is 0 Å². The van der Waals surface area contributed by atoms with Gasteiger partial charge in [-0.1, -0.05) is 13.3 Å². The Balaban J connectivity index is 1.81. The molecule has 0 radical (unpaired) electrons. The molecule has 2 saturated heterocycles. The molecular weight excluding hydrogens is 252 g/mol. The minimum Gasteiger partial charge on any atom is -0.350 e.